The number of anilines is 1. The monoisotopic (exact) mass is 263 g/mol. The lowest BCUT2D eigenvalue weighted by atomic mass is 10.0. The Kier molecular flexibility index (Phi) is 4.35. The number of hydrogen-bond acceptors (Lipinski definition) is 3. The molecule has 0 unspecified atom stereocenters. The highest BCUT2D eigenvalue weighted by atomic mass is 16.6. The van der Waals surface area contributed by atoms with Crippen LogP contribution in [0.25, 0.3) is 0 Å². The molecule has 0 heterocycles. The van der Waals surface area contributed by atoms with Gasteiger partial charge in [0.25, 0.3) is 0 Å². The number of aryl methyl sites for hydroxylation is 1. The van der Waals surface area contributed by atoms with E-state index in [0.717, 1.165) is 11.1 Å². The van der Waals surface area contributed by atoms with Crippen LogP contribution in [-0.4, -0.2) is 17.5 Å². The van der Waals surface area contributed by atoms with E-state index >= 15 is 0 Å². The molecule has 0 radical (unpaired) electrons. The minimum absolute atomic E-state index is 0.0321. The predicted molar refractivity (Wildman–Crippen MR) is 75.8 cm³/mol. The van der Waals surface area contributed by atoms with Crippen molar-refractivity contribution in [2.24, 2.45) is 0 Å². The van der Waals surface area contributed by atoms with E-state index in [9.17, 15) is 9.59 Å². The first-order valence-corrected chi connectivity index (χ1v) is 6.22. The van der Waals surface area contributed by atoms with Gasteiger partial charge in [0.1, 0.15) is 5.60 Å². The van der Waals surface area contributed by atoms with Crippen molar-refractivity contribution in [1.29, 1.82) is 0 Å². The Morgan fingerprint density at radius 3 is 2.21 bits per heavy atom. The van der Waals surface area contributed by atoms with Crippen molar-refractivity contribution in [2.45, 2.75) is 47.1 Å². The molecule has 104 valence electrons. The van der Waals surface area contributed by atoms with Crippen molar-refractivity contribution in [3.8, 4) is 0 Å². The van der Waals surface area contributed by atoms with Gasteiger partial charge in [-0.05, 0) is 64.8 Å². The zero-order chi connectivity index (χ0) is 14.8. The molecule has 0 aromatic heterocycles. The van der Waals surface area contributed by atoms with Crippen LogP contribution in [0, 0.1) is 13.8 Å². The summed E-state index contributed by atoms with van der Waals surface area (Å²) < 4.78 is 5.20. The zero-order valence-electron chi connectivity index (χ0n) is 12.4. The van der Waals surface area contributed by atoms with E-state index in [1.807, 2.05) is 19.9 Å². The molecule has 1 amide bonds. The fourth-order valence-corrected chi connectivity index (χ4v) is 1.61. The highest BCUT2D eigenvalue weighted by Crippen LogP contribution is 2.22. The number of ether oxygens (including phenoxy) is 1. The van der Waals surface area contributed by atoms with E-state index in [2.05, 4.69) is 5.32 Å². The number of carbonyl (C=O) groups excluding carboxylic acids is 2. The Morgan fingerprint density at radius 1 is 1.16 bits per heavy atom. The molecule has 0 aliphatic heterocycles. The summed E-state index contributed by atoms with van der Waals surface area (Å²) in [7, 11) is 0. The summed E-state index contributed by atoms with van der Waals surface area (Å²) >= 11 is 0. The first kappa shape index (κ1) is 15.2. The third-order valence-corrected chi connectivity index (χ3v) is 2.71. The maximum atomic E-state index is 11.8. The van der Waals surface area contributed by atoms with Gasteiger partial charge in [-0.2, -0.15) is 0 Å². The van der Waals surface area contributed by atoms with Gasteiger partial charge in [0.05, 0.1) is 0 Å². The molecule has 0 fully saturated rings. The molecule has 4 nitrogen and oxygen atoms in total. The van der Waals surface area contributed by atoms with Crippen LogP contribution in [0.2, 0.25) is 0 Å². The van der Waals surface area contributed by atoms with Crippen molar-refractivity contribution in [1.82, 2.24) is 0 Å². The van der Waals surface area contributed by atoms with Gasteiger partial charge < -0.3 is 4.74 Å². The first-order chi connectivity index (χ1) is 8.60. The maximum Gasteiger partial charge on any atom is 0.412 e. The van der Waals surface area contributed by atoms with Gasteiger partial charge in [-0.3, -0.25) is 10.1 Å². The average molecular weight is 263 g/mol. The Balaban J connectivity index is 3.01. The number of hydrogen-bond donors (Lipinski definition) is 1. The lowest BCUT2D eigenvalue weighted by molar-refractivity contribution is 0.0635. The average Bonchev–Trinajstić information content (AvgIpc) is 2.21. The molecule has 1 N–H and O–H groups in total. The Hall–Kier alpha value is -1.84. The predicted octanol–water partition coefficient (Wildman–Crippen LogP) is 3.85. The third-order valence-electron chi connectivity index (χ3n) is 2.71. The summed E-state index contributed by atoms with van der Waals surface area (Å²) in [6.07, 6.45) is -0.518. The van der Waals surface area contributed by atoms with E-state index in [-0.39, 0.29) is 5.78 Å². The van der Waals surface area contributed by atoms with Gasteiger partial charge in [0.2, 0.25) is 0 Å². The minimum Gasteiger partial charge on any atom is -0.444 e. The highest BCUT2D eigenvalue weighted by Gasteiger charge is 2.17. The molecule has 4 heteroatoms. The van der Waals surface area contributed by atoms with Crippen molar-refractivity contribution >= 4 is 17.6 Å². The smallest absolute Gasteiger partial charge is 0.412 e. The fraction of sp³-hybridized carbons (Fsp3) is 0.467. The molecule has 1 aromatic carbocycles. The normalized spacial score (nSPS) is 11.1. The van der Waals surface area contributed by atoms with Crippen LogP contribution in [0.15, 0.2) is 12.1 Å². The second kappa shape index (κ2) is 5.43. The number of carbonyl (C=O) groups is 2. The molecule has 1 rings (SSSR count). The highest BCUT2D eigenvalue weighted by molar-refractivity contribution is 5.97. The number of ketones is 1. The van der Waals surface area contributed by atoms with Gasteiger partial charge in [0, 0.05) is 11.3 Å². The molecule has 0 atom stereocenters. The molecule has 0 saturated heterocycles. The SMILES string of the molecule is CC(=O)c1cc(C)c(C)c(NC(=O)OC(C)(C)C)c1. The lowest BCUT2D eigenvalue weighted by Crippen LogP contribution is -2.27. The van der Waals surface area contributed by atoms with E-state index < -0.39 is 11.7 Å². The number of amides is 1. The Labute approximate surface area is 114 Å². The number of benzene rings is 1. The lowest BCUT2D eigenvalue weighted by Gasteiger charge is -2.20. The van der Waals surface area contributed by atoms with Crippen molar-refractivity contribution < 1.29 is 14.3 Å². The van der Waals surface area contributed by atoms with Crippen molar-refractivity contribution in [3.63, 3.8) is 0 Å². The molecular weight excluding hydrogens is 242 g/mol. The Morgan fingerprint density at radius 2 is 1.74 bits per heavy atom. The quantitative estimate of drug-likeness (QED) is 0.824. The van der Waals surface area contributed by atoms with E-state index in [0.29, 0.717) is 11.3 Å². The number of rotatable bonds is 2. The maximum absolute atomic E-state index is 11.8. The van der Waals surface area contributed by atoms with Gasteiger partial charge in [-0.15, -0.1) is 0 Å². The molecule has 0 spiro atoms. The summed E-state index contributed by atoms with van der Waals surface area (Å²) in [5.74, 6) is -0.0321. The van der Waals surface area contributed by atoms with Gasteiger partial charge >= 0.3 is 6.09 Å². The van der Waals surface area contributed by atoms with Gasteiger partial charge in [-0.1, -0.05) is 0 Å². The molecule has 1 aromatic rings. The van der Waals surface area contributed by atoms with E-state index in [1.54, 1.807) is 26.8 Å². The van der Waals surface area contributed by atoms with Crippen LogP contribution >= 0.6 is 0 Å². The molecular formula is C15H21NO3. The summed E-state index contributed by atoms with van der Waals surface area (Å²) in [6, 6.07) is 3.49. The standard InChI is InChI=1S/C15H21NO3/c1-9-7-12(11(3)17)8-13(10(9)2)16-14(18)19-15(4,5)6/h7-8H,1-6H3,(H,16,18). The second-order valence-electron chi connectivity index (χ2n) is 5.65. The summed E-state index contributed by atoms with van der Waals surface area (Å²) in [4.78, 5) is 23.2. The van der Waals surface area contributed by atoms with Crippen LogP contribution in [0.5, 0.6) is 0 Å². The number of Topliss-reactive ketones (excluding diaryl/α,β-unsaturated/α-hetero) is 1. The Bertz CT molecular complexity index is 513. The third kappa shape index (κ3) is 4.39. The van der Waals surface area contributed by atoms with Crippen LogP contribution in [0.3, 0.4) is 0 Å². The molecule has 0 aliphatic rings. The summed E-state index contributed by atoms with van der Waals surface area (Å²) in [5.41, 5.74) is 2.52. The first-order valence-electron chi connectivity index (χ1n) is 6.22. The van der Waals surface area contributed by atoms with Crippen LogP contribution < -0.4 is 5.32 Å². The van der Waals surface area contributed by atoms with Crippen LogP contribution in [0.4, 0.5) is 10.5 Å². The van der Waals surface area contributed by atoms with E-state index in [1.165, 1.54) is 6.92 Å². The van der Waals surface area contributed by atoms with Crippen molar-refractivity contribution in [2.75, 3.05) is 5.32 Å². The van der Waals surface area contributed by atoms with Gasteiger partial charge in [-0.25, -0.2) is 4.79 Å². The van der Waals surface area contributed by atoms with Gasteiger partial charge in [0.15, 0.2) is 5.78 Å². The van der Waals surface area contributed by atoms with Crippen molar-refractivity contribution in [3.05, 3.63) is 28.8 Å². The molecule has 19 heavy (non-hydrogen) atoms. The van der Waals surface area contributed by atoms with Crippen LogP contribution in [-0.2, 0) is 4.74 Å². The minimum atomic E-state index is -0.550. The van der Waals surface area contributed by atoms with Crippen LogP contribution in [0.1, 0.15) is 49.2 Å². The zero-order valence-corrected chi connectivity index (χ0v) is 12.4. The second-order valence-corrected chi connectivity index (χ2v) is 5.65. The summed E-state index contributed by atoms with van der Waals surface area (Å²) in [5, 5.41) is 2.69. The topological polar surface area (TPSA) is 55.4 Å². The fourth-order valence-electron chi connectivity index (χ4n) is 1.61. The molecule has 0 bridgehead atoms. The molecule has 0 aliphatic carbocycles. The number of nitrogens with one attached hydrogen (secondary N) is 1. The largest absolute Gasteiger partial charge is 0.444 e. The molecule has 0 saturated carbocycles. The summed E-state index contributed by atoms with van der Waals surface area (Å²) in [6.45, 7) is 10.7. The van der Waals surface area contributed by atoms with E-state index in [4.69, 9.17) is 4.74 Å².